The van der Waals surface area contributed by atoms with Gasteiger partial charge in [0.05, 0.1) is 13.2 Å². The van der Waals surface area contributed by atoms with Gasteiger partial charge >= 0.3 is 0 Å². The first kappa shape index (κ1) is 11.0. The van der Waals surface area contributed by atoms with Gasteiger partial charge in [0.1, 0.15) is 5.75 Å². The Morgan fingerprint density at radius 3 is 2.86 bits per heavy atom. The van der Waals surface area contributed by atoms with Gasteiger partial charge in [-0.1, -0.05) is 12.1 Å². The van der Waals surface area contributed by atoms with E-state index in [9.17, 15) is 0 Å². The third-order valence-corrected chi connectivity index (χ3v) is 1.95. The summed E-state index contributed by atoms with van der Waals surface area (Å²) in [5.41, 5.74) is 6.24. The molecule has 0 saturated carbocycles. The van der Waals surface area contributed by atoms with Crippen LogP contribution in [0.2, 0.25) is 0 Å². The summed E-state index contributed by atoms with van der Waals surface area (Å²) in [6.07, 6.45) is 1.96. The van der Waals surface area contributed by atoms with Crippen molar-refractivity contribution in [2.75, 3.05) is 13.2 Å². The van der Waals surface area contributed by atoms with Crippen molar-refractivity contribution in [3.8, 4) is 5.75 Å². The highest BCUT2D eigenvalue weighted by molar-refractivity contribution is 5.27. The van der Waals surface area contributed by atoms with Gasteiger partial charge in [0.2, 0.25) is 0 Å². The quantitative estimate of drug-likeness (QED) is 0.673. The molecule has 0 amide bonds. The standard InChI is InChI=1S/C11H17NO2/c12-6-1-2-7-14-11-5-3-4-10(8-11)9-13/h3-5,8,13H,1-2,6-7,9,12H2. The second kappa shape index (κ2) is 6.40. The highest BCUT2D eigenvalue weighted by Crippen LogP contribution is 2.13. The van der Waals surface area contributed by atoms with Crippen LogP contribution in [0.5, 0.6) is 5.75 Å². The monoisotopic (exact) mass is 195 g/mol. The summed E-state index contributed by atoms with van der Waals surface area (Å²) in [6.45, 7) is 1.45. The van der Waals surface area contributed by atoms with Crippen molar-refractivity contribution in [1.82, 2.24) is 0 Å². The van der Waals surface area contributed by atoms with E-state index in [1.54, 1.807) is 0 Å². The SMILES string of the molecule is NCCCCOc1cccc(CO)c1. The Balaban J connectivity index is 2.34. The van der Waals surface area contributed by atoms with Crippen LogP contribution in [-0.4, -0.2) is 18.3 Å². The maximum Gasteiger partial charge on any atom is 0.119 e. The minimum atomic E-state index is 0.0556. The summed E-state index contributed by atoms with van der Waals surface area (Å²) in [6, 6.07) is 7.49. The van der Waals surface area contributed by atoms with Crippen molar-refractivity contribution in [2.24, 2.45) is 5.73 Å². The van der Waals surface area contributed by atoms with Crippen LogP contribution in [0.1, 0.15) is 18.4 Å². The number of rotatable bonds is 6. The van der Waals surface area contributed by atoms with E-state index in [0.717, 1.165) is 24.2 Å². The lowest BCUT2D eigenvalue weighted by Gasteiger charge is -2.06. The third-order valence-electron chi connectivity index (χ3n) is 1.95. The molecule has 0 saturated heterocycles. The fourth-order valence-corrected chi connectivity index (χ4v) is 1.17. The number of ether oxygens (including phenoxy) is 1. The number of benzene rings is 1. The number of hydrogen-bond donors (Lipinski definition) is 2. The molecule has 0 spiro atoms. The van der Waals surface area contributed by atoms with E-state index in [1.165, 1.54) is 0 Å². The lowest BCUT2D eigenvalue weighted by molar-refractivity contribution is 0.278. The first-order chi connectivity index (χ1) is 6.86. The van der Waals surface area contributed by atoms with Gasteiger partial charge in [0, 0.05) is 0 Å². The van der Waals surface area contributed by atoms with Gasteiger partial charge in [-0.25, -0.2) is 0 Å². The summed E-state index contributed by atoms with van der Waals surface area (Å²) in [5.74, 6) is 0.813. The molecule has 0 aliphatic rings. The van der Waals surface area contributed by atoms with Crippen LogP contribution in [0.4, 0.5) is 0 Å². The Kier molecular flexibility index (Phi) is 5.04. The molecule has 0 aliphatic carbocycles. The zero-order valence-electron chi connectivity index (χ0n) is 8.28. The van der Waals surface area contributed by atoms with E-state index in [2.05, 4.69) is 0 Å². The number of aliphatic hydroxyl groups excluding tert-OH is 1. The molecule has 0 bridgehead atoms. The largest absolute Gasteiger partial charge is 0.494 e. The molecule has 78 valence electrons. The maximum atomic E-state index is 8.90. The molecule has 3 heteroatoms. The normalized spacial score (nSPS) is 10.1. The van der Waals surface area contributed by atoms with Crippen molar-refractivity contribution in [3.05, 3.63) is 29.8 Å². The molecule has 0 aromatic heterocycles. The molecule has 0 heterocycles. The minimum absolute atomic E-state index is 0.0556. The zero-order chi connectivity index (χ0) is 10.2. The lowest BCUT2D eigenvalue weighted by Crippen LogP contribution is -2.03. The lowest BCUT2D eigenvalue weighted by atomic mass is 10.2. The molecule has 1 rings (SSSR count). The summed E-state index contributed by atoms with van der Waals surface area (Å²) in [7, 11) is 0. The minimum Gasteiger partial charge on any atom is -0.494 e. The fourth-order valence-electron chi connectivity index (χ4n) is 1.17. The Morgan fingerprint density at radius 1 is 1.29 bits per heavy atom. The van der Waals surface area contributed by atoms with Crippen LogP contribution in [0.15, 0.2) is 24.3 Å². The Morgan fingerprint density at radius 2 is 2.14 bits per heavy atom. The van der Waals surface area contributed by atoms with Crippen molar-refractivity contribution < 1.29 is 9.84 Å². The van der Waals surface area contributed by atoms with E-state index >= 15 is 0 Å². The molecule has 3 N–H and O–H groups in total. The zero-order valence-corrected chi connectivity index (χ0v) is 8.28. The number of hydrogen-bond acceptors (Lipinski definition) is 3. The highest BCUT2D eigenvalue weighted by Gasteiger charge is 1.95. The molecule has 0 fully saturated rings. The number of aliphatic hydroxyl groups is 1. The van der Waals surface area contributed by atoms with Crippen molar-refractivity contribution in [3.63, 3.8) is 0 Å². The molecule has 0 atom stereocenters. The van der Waals surface area contributed by atoms with E-state index in [1.807, 2.05) is 24.3 Å². The van der Waals surface area contributed by atoms with Crippen LogP contribution < -0.4 is 10.5 Å². The number of unbranched alkanes of at least 4 members (excludes halogenated alkanes) is 1. The molecule has 0 unspecified atom stereocenters. The topological polar surface area (TPSA) is 55.5 Å². The second-order valence-electron chi connectivity index (χ2n) is 3.15. The predicted octanol–water partition coefficient (Wildman–Crippen LogP) is 1.30. The van der Waals surface area contributed by atoms with Crippen LogP contribution >= 0.6 is 0 Å². The summed E-state index contributed by atoms with van der Waals surface area (Å²) < 4.78 is 5.48. The van der Waals surface area contributed by atoms with Gasteiger partial charge in [0.25, 0.3) is 0 Å². The predicted molar refractivity (Wildman–Crippen MR) is 56.1 cm³/mol. The van der Waals surface area contributed by atoms with E-state index in [0.29, 0.717) is 13.2 Å². The van der Waals surface area contributed by atoms with Gasteiger partial charge < -0.3 is 15.6 Å². The Hall–Kier alpha value is -1.06. The second-order valence-corrected chi connectivity index (χ2v) is 3.15. The van der Waals surface area contributed by atoms with Gasteiger partial charge in [-0.15, -0.1) is 0 Å². The first-order valence-corrected chi connectivity index (χ1v) is 4.89. The molecular formula is C11H17NO2. The summed E-state index contributed by atoms with van der Waals surface area (Å²) in [4.78, 5) is 0. The molecule has 3 nitrogen and oxygen atoms in total. The molecule has 0 aliphatic heterocycles. The molecule has 0 radical (unpaired) electrons. The van der Waals surface area contributed by atoms with Crippen molar-refractivity contribution >= 4 is 0 Å². The number of nitrogens with two attached hydrogens (primary N) is 1. The van der Waals surface area contributed by atoms with Crippen molar-refractivity contribution in [1.29, 1.82) is 0 Å². The van der Waals surface area contributed by atoms with Crippen molar-refractivity contribution in [2.45, 2.75) is 19.4 Å². The average Bonchev–Trinajstić information content (AvgIpc) is 2.25. The first-order valence-electron chi connectivity index (χ1n) is 4.89. The molecule has 1 aromatic carbocycles. The Bertz CT molecular complexity index is 263. The third kappa shape index (κ3) is 3.77. The van der Waals surface area contributed by atoms with E-state index in [4.69, 9.17) is 15.6 Å². The van der Waals surface area contributed by atoms with E-state index in [-0.39, 0.29) is 6.61 Å². The summed E-state index contributed by atoms with van der Waals surface area (Å²) >= 11 is 0. The maximum absolute atomic E-state index is 8.90. The van der Waals surface area contributed by atoms with Crippen LogP contribution in [0.25, 0.3) is 0 Å². The van der Waals surface area contributed by atoms with Crippen LogP contribution in [0.3, 0.4) is 0 Å². The smallest absolute Gasteiger partial charge is 0.119 e. The Labute approximate surface area is 84.5 Å². The van der Waals surface area contributed by atoms with Gasteiger partial charge in [-0.2, -0.15) is 0 Å². The molecular weight excluding hydrogens is 178 g/mol. The van der Waals surface area contributed by atoms with Gasteiger partial charge in [-0.05, 0) is 37.1 Å². The van der Waals surface area contributed by atoms with Gasteiger partial charge in [0.15, 0.2) is 0 Å². The molecule has 14 heavy (non-hydrogen) atoms. The highest BCUT2D eigenvalue weighted by atomic mass is 16.5. The van der Waals surface area contributed by atoms with Gasteiger partial charge in [-0.3, -0.25) is 0 Å². The van der Waals surface area contributed by atoms with Crippen LogP contribution in [0, 0.1) is 0 Å². The summed E-state index contributed by atoms with van der Waals surface area (Å²) in [5, 5.41) is 8.90. The van der Waals surface area contributed by atoms with E-state index < -0.39 is 0 Å². The average molecular weight is 195 g/mol. The molecule has 1 aromatic rings. The fraction of sp³-hybridized carbons (Fsp3) is 0.455. The van der Waals surface area contributed by atoms with Crippen LogP contribution in [-0.2, 0) is 6.61 Å².